The van der Waals surface area contributed by atoms with Gasteiger partial charge < -0.3 is 10.4 Å². The van der Waals surface area contributed by atoms with Gasteiger partial charge in [-0.15, -0.1) is 0 Å². The molecule has 3 atom stereocenters. The molecule has 0 aliphatic rings. The molecule has 0 bridgehead atoms. The second kappa shape index (κ2) is 10.2. The van der Waals surface area contributed by atoms with Gasteiger partial charge in [0.2, 0.25) is 5.91 Å². The SMILES string of the molecule is CCc1ccc([C@@H](C(=O)Nc2cc(C[C@H](C)C(=O)O)ccc2Cl)[C@@H](C)C(F)(F)F)cc1. The summed E-state index contributed by atoms with van der Waals surface area (Å²) < 4.78 is 40.6. The zero-order chi connectivity index (χ0) is 23.3. The first-order chi connectivity index (χ1) is 14.4. The highest BCUT2D eigenvalue weighted by molar-refractivity contribution is 6.33. The van der Waals surface area contributed by atoms with E-state index in [4.69, 9.17) is 16.7 Å². The van der Waals surface area contributed by atoms with Gasteiger partial charge in [0.15, 0.2) is 0 Å². The second-order valence-electron chi connectivity index (χ2n) is 7.65. The van der Waals surface area contributed by atoms with E-state index in [0.717, 1.165) is 18.9 Å². The average Bonchev–Trinajstić information content (AvgIpc) is 2.70. The standard InChI is InChI=1S/C23H25ClF3NO3/c1-4-15-5-8-17(9-6-15)20(14(3)23(25,26)27)21(29)28-19-12-16(7-10-18(19)24)11-13(2)22(30)31/h5-10,12-14,20H,4,11H2,1-3H3,(H,28,29)(H,30,31)/t13-,14+,20-/m0/s1. The van der Waals surface area contributed by atoms with Gasteiger partial charge in [0.05, 0.1) is 28.5 Å². The van der Waals surface area contributed by atoms with E-state index >= 15 is 0 Å². The van der Waals surface area contributed by atoms with Gasteiger partial charge in [0, 0.05) is 0 Å². The van der Waals surface area contributed by atoms with Crippen molar-refractivity contribution in [3.63, 3.8) is 0 Å². The highest BCUT2D eigenvalue weighted by atomic mass is 35.5. The second-order valence-corrected chi connectivity index (χ2v) is 8.06. The van der Waals surface area contributed by atoms with E-state index in [9.17, 15) is 22.8 Å². The number of carbonyl (C=O) groups excluding carboxylic acids is 1. The Morgan fingerprint density at radius 3 is 2.16 bits per heavy atom. The predicted octanol–water partition coefficient (Wildman–Crippen LogP) is 6.09. The van der Waals surface area contributed by atoms with Gasteiger partial charge in [0.25, 0.3) is 0 Å². The van der Waals surface area contributed by atoms with Crippen LogP contribution in [-0.2, 0) is 22.4 Å². The van der Waals surface area contributed by atoms with Crippen molar-refractivity contribution in [3.8, 4) is 0 Å². The van der Waals surface area contributed by atoms with E-state index in [1.54, 1.807) is 18.2 Å². The lowest BCUT2D eigenvalue weighted by atomic mass is 9.85. The Labute approximate surface area is 184 Å². The molecule has 8 heteroatoms. The third kappa shape index (κ3) is 6.47. The van der Waals surface area contributed by atoms with E-state index in [2.05, 4.69) is 5.32 Å². The van der Waals surface area contributed by atoms with Crippen molar-refractivity contribution in [3.05, 3.63) is 64.2 Å². The summed E-state index contributed by atoms with van der Waals surface area (Å²) in [6, 6.07) is 11.1. The van der Waals surface area contributed by atoms with Crippen LogP contribution in [0.4, 0.5) is 18.9 Å². The molecule has 2 aromatic carbocycles. The van der Waals surface area contributed by atoms with Crippen molar-refractivity contribution in [2.75, 3.05) is 5.32 Å². The van der Waals surface area contributed by atoms with Crippen molar-refractivity contribution in [2.24, 2.45) is 11.8 Å². The van der Waals surface area contributed by atoms with Crippen LogP contribution in [0, 0.1) is 11.8 Å². The fourth-order valence-corrected chi connectivity index (χ4v) is 3.43. The lowest BCUT2D eigenvalue weighted by molar-refractivity contribution is -0.178. The molecule has 0 aliphatic carbocycles. The zero-order valence-corrected chi connectivity index (χ0v) is 18.2. The largest absolute Gasteiger partial charge is 0.481 e. The van der Waals surface area contributed by atoms with Crippen LogP contribution < -0.4 is 5.32 Å². The Morgan fingerprint density at radius 2 is 1.65 bits per heavy atom. The van der Waals surface area contributed by atoms with E-state index in [0.29, 0.717) is 5.56 Å². The zero-order valence-electron chi connectivity index (χ0n) is 17.5. The molecule has 0 spiro atoms. The number of halogens is 4. The first-order valence-corrected chi connectivity index (χ1v) is 10.3. The molecule has 0 aromatic heterocycles. The van der Waals surface area contributed by atoms with Crippen molar-refractivity contribution in [1.82, 2.24) is 0 Å². The molecule has 168 valence electrons. The summed E-state index contributed by atoms with van der Waals surface area (Å²) in [6.07, 6.45) is -3.66. The molecule has 0 aliphatic heterocycles. The molecule has 0 unspecified atom stereocenters. The maximum absolute atomic E-state index is 13.5. The van der Waals surface area contributed by atoms with Crippen molar-refractivity contribution in [2.45, 2.75) is 45.7 Å². The molecule has 0 heterocycles. The van der Waals surface area contributed by atoms with Crippen LogP contribution in [0.5, 0.6) is 0 Å². The maximum atomic E-state index is 13.5. The van der Waals surface area contributed by atoms with Gasteiger partial charge in [-0.3, -0.25) is 9.59 Å². The Balaban J connectivity index is 2.35. The predicted molar refractivity (Wildman–Crippen MR) is 114 cm³/mol. The monoisotopic (exact) mass is 455 g/mol. The number of anilines is 1. The lowest BCUT2D eigenvalue weighted by Crippen LogP contribution is -2.34. The molecule has 0 saturated heterocycles. The number of carboxylic acid groups (broad SMARTS) is 1. The van der Waals surface area contributed by atoms with E-state index in [1.807, 2.05) is 6.92 Å². The van der Waals surface area contributed by atoms with Crippen LogP contribution in [-0.4, -0.2) is 23.2 Å². The Bertz CT molecular complexity index is 929. The van der Waals surface area contributed by atoms with Crippen LogP contribution in [0.25, 0.3) is 0 Å². The van der Waals surface area contributed by atoms with Gasteiger partial charge in [-0.2, -0.15) is 13.2 Å². The minimum atomic E-state index is -4.58. The molecule has 1 amide bonds. The number of nitrogens with one attached hydrogen (secondary N) is 1. The normalized spacial score (nSPS) is 14.5. The number of aryl methyl sites for hydroxylation is 1. The summed E-state index contributed by atoms with van der Waals surface area (Å²) in [6.45, 7) is 4.44. The molecule has 0 radical (unpaired) electrons. The van der Waals surface area contributed by atoms with Gasteiger partial charge in [0.1, 0.15) is 0 Å². The number of amides is 1. The van der Waals surface area contributed by atoms with E-state index in [-0.39, 0.29) is 22.7 Å². The maximum Gasteiger partial charge on any atom is 0.392 e. The minimum Gasteiger partial charge on any atom is -0.481 e. The third-order valence-electron chi connectivity index (χ3n) is 5.30. The quantitative estimate of drug-likeness (QED) is 0.506. The van der Waals surface area contributed by atoms with Crippen molar-refractivity contribution >= 4 is 29.2 Å². The number of carboxylic acids is 1. The van der Waals surface area contributed by atoms with Gasteiger partial charge in [-0.1, -0.05) is 62.7 Å². The van der Waals surface area contributed by atoms with Gasteiger partial charge in [-0.25, -0.2) is 0 Å². The average molecular weight is 456 g/mol. The Hall–Kier alpha value is -2.54. The fourth-order valence-electron chi connectivity index (χ4n) is 3.26. The topological polar surface area (TPSA) is 66.4 Å². The Kier molecular flexibility index (Phi) is 8.12. The van der Waals surface area contributed by atoms with Crippen LogP contribution in [0.15, 0.2) is 42.5 Å². The number of aliphatic carboxylic acids is 1. The van der Waals surface area contributed by atoms with Crippen LogP contribution in [0.3, 0.4) is 0 Å². The first-order valence-electron chi connectivity index (χ1n) is 9.91. The molecule has 2 aromatic rings. The number of hydrogen-bond acceptors (Lipinski definition) is 2. The summed E-state index contributed by atoms with van der Waals surface area (Å²) in [5.74, 6) is -5.87. The third-order valence-corrected chi connectivity index (χ3v) is 5.63. The highest BCUT2D eigenvalue weighted by Crippen LogP contribution is 2.38. The highest BCUT2D eigenvalue weighted by Gasteiger charge is 2.45. The summed E-state index contributed by atoms with van der Waals surface area (Å²) in [4.78, 5) is 24.1. The molecule has 4 nitrogen and oxygen atoms in total. The molecule has 0 fully saturated rings. The molecule has 2 rings (SSSR count). The lowest BCUT2D eigenvalue weighted by Gasteiger charge is -2.26. The molecule has 31 heavy (non-hydrogen) atoms. The van der Waals surface area contributed by atoms with Gasteiger partial charge in [-0.05, 0) is 41.7 Å². The minimum absolute atomic E-state index is 0.145. The fraction of sp³-hybridized carbons (Fsp3) is 0.391. The number of alkyl halides is 3. The summed E-state index contributed by atoms with van der Waals surface area (Å²) in [7, 11) is 0. The Morgan fingerprint density at radius 1 is 1.06 bits per heavy atom. The smallest absolute Gasteiger partial charge is 0.392 e. The molecule has 0 saturated carbocycles. The molecule has 2 N–H and O–H groups in total. The first kappa shape index (κ1) is 24.7. The van der Waals surface area contributed by atoms with E-state index < -0.39 is 35.8 Å². The van der Waals surface area contributed by atoms with Crippen LogP contribution in [0.1, 0.15) is 43.4 Å². The number of rotatable bonds is 8. The molecular formula is C23H25ClF3NO3. The summed E-state index contributed by atoms with van der Waals surface area (Å²) >= 11 is 6.15. The van der Waals surface area contributed by atoms with Crippen molar-refractivity contribution in [1.29, 1.82) is 0 Å². The molecular weight excluding hydrogens is 431 g/mol. The number of carbonyl (C=O) groups is 2. The van der Waals surface area contributed by atoms with E-state index in [1.165, 1.54) is 31.2 Å². The van der Waals surface area contributed by atoms with Crippen LogP contribution in [0.2, 0.25) is 5.02 Å². The van der Waals surface area contributed by atoms with Gasteiger partial charge >= 0.3 is 12.1 Å². The van der Waals surface area contributed by atoms with Crippen molar-refractivity contribution < 1.29 is 27.9 Å². The number of hydrogen-bond donors (Lipinski definition) is 2. The number of benzene rings is 2. The van der Waals surface area contributed by atoms with Crippen LogP contribution >= 0.6 is 11.6 Å². The summed E-state index contributed by atoms with van der Waals surface area (Å²) in [5.41, 5.74) is 1.95. The summed E-state index contributed by atoms with van der Waals surface area (Å²) in [5, 5.41) is 11.8.